The molecule has 1 rings (SSSR count). The number of nitrogens with one attached hydrogen (secondary N) is 1. The maximum absolute atomic E-state index is 11.4. The Morgan fingerprint density at radius 1 is 1.67 bits per heavy atom. The first-order chi connectivity index (χ1) is 7.03. The smallest absolute Gasteiger partial charge is 0.221 e. The van der Waals surface area contributed by atoms with E-state index in [-0.39, 0.29) is 5.91 Å². The van der Waals surface area contributed by atoms with E-state index in [1.54, 1.807) is 26.2 Å². The van der Waals surface area contributed by atoms with Crippen molar-refractivity contribution in [2.75, 3.05) is 0 Å². The third-order valence-corrected chi connectivity index (χ3v) is 1.91. The van der Waals surface area contributed by atoms with Gasteiger partial charge in [-0.3, -0.25) is 4.79 Å². The predicted molar refractivity (Wildman–Crippen MR) is 54.9 cm³/mol. The van der Waals surface area contributed by atoms with Crippen LogP contribution in [0.4, 0.5) is 0 Å². The Bertz CT molecular complexity index is 360. The van der Waals surface area contributed by atoms with E-state index in [0.717, 1.165) is 5.76 Å². The summed E-state index contributed by atoms with van der Waals surface area (Å²) in [6, 6.07) is 5.62. The molecule has 0 aromatic carbocycles. The Labute approximate surface area is 88.9 Å². The quantitative estimate of drug-likeness (QED) is 0.814. The molecule has 1 N–H and O–H groups in total. The highest BCUT2D eigenvalue weighted by Crippen LogP contribution is 2.05. The van der Waals surface area contributed by atoms with Gasteiger partial charge in [0.15, 0.2) is 0 Å². The zero-order valence-corrected chi connectivity index (χ0v) is 8.91. The number of hydrogen-bond donors (Lipinski definition) is 1. The molecule has 0 fully saturated rings. The summed E-state index contributed by atoms with van der Waals surface area (Å²) in [5, 5.41) is 11.3. The minimum atomic E-state index is -0.805. The maximum atomic E-state index is 11.4. The lowest BCUT2D eigenvalue weighted by molar-refractivity contribution is -0.122. The van der Waals surface area contributed by atoms with Crippen molar-refractivity contribution in [1.29, 1.82) is 5.26 Å². The largest absolute Gasteiger partial charge is 0.469 e. The van der Waals surface area contributed by atoms with Crippen molar-refractivity contribution < 1.29 is 9.21 Å². The summed E-state index contributed by atoms with van der Waals surface area (Å²) in [5.41, 5.74) is -0.805. The van der Waals surface area contributed by atoms with Crippen LogP contribution in [0, 0.1) is 11.3 Å². The molecule has 1 heterocycles. The van der Waals surface area contributed by atoms with Gasteiger partial charge < -0.3 is 9.73 Å². The number of carbonyl (C=O) groups is 1. The summed E-state index contributed by atoms with van der Waals surface area (Å²) in [6.45, 7) is 3.33. The molecule has 0 radical (unpaired) electrons. The summed E-state index contributed by atoms with van der Waals surface area (Å²) in [5.74, 6) is 0.637. The predicted octanol–water partition coefficient (Wildman–Crippen LogP) is 1.63. The van der Waals surface area contributed by atoms with Gasteiger partial charge in [-0.15, -0.1) is 0 Å². The fourth-order valence-corrected chi connectivity index (χ4v) is 1.13. The number of carbonyl (C=O) groups excluding carboxylic acids is 1. The van der Waals surface area contributed by atoms with Gasteiger partial charge in [0.25, 0.3) is 0 Å². The van der Waals surface area contributed by atoms with Crippen LogP contribution in [0.1, 0.15) is 26.0 Å². The number of rotatable bonds is 4. The van der Waals surface area contributed by atoms with Gasteiger partial charge in [0.2, 0.25) is 5.91 Å². The van der Waals surface area contributed by atoms with Gasteiger partial charge in [0.05, 0.1) is 12.3 Å². The average molecular weight is 206 g/mol. The Kier molecular flexibility index (Phi) is 3.51. The van der Waals surface area contributed by atoms with E-state index in [4.69, 9.17) is 9.68 Å². The summed E-state index contributed by atoms with van der Waals surface area (Å²) >= 11 is 0. The van der Waals surface area contributed by atoms with E-state index in [9.17, 15) is 4.79 Å². The van der Waals surface area contributed by atoms with Crippen LogP contribution < -0.4 is 5.32 Å². The van der Waals surface area contributed by atoms with Crippen LogP contribution in [0.2, 0.25) is 0 Å². The van der Waals surface area contributed by atoms with E-state index in [0.29, 0.717) is 12.8 Å². The number of aryl methyl sites for hydroxylation is 1. The molecule has 0 bridgehead atoms. The van der Waals surface area contributed by atoms with Gasteiger partial charge in [0.1, 0.15) is 11.3 Å². The van der Waals surface area contributed by atoms with Crippen molar-refractivity contribution in [2.24, 2.45) is 0 Å². The molecule has 1 aromatic rings. The number of hydrogen-bond acceptors (Lipinski definition) is 3. The molecule has 0 atom stereocenters. The minimum absolute atomic E-state index is 0.141. The zero-order valence-electron chi connectivity index (χ0n) is 8.91. The number of furan rings is 1. The summed E-state index contributed by atoms with van der Waals surface area (Å²) in [6.07, 6.45) is 2.46. The lowest BCUT2D eigenvalue weighted by Gasteiger charge is -2.16. The Hall–Kier alpha value is -1.76. The van der Waals surface area contributed by atoms with Crippen molar-refractivity contribution >= 4 is 5.91 Å². The van der Waals surface area contributed by atoms with Gasteiger partial charge in [-0.2, -0.15) is 5.26 Å². The number of nitriles is 1. The first-order valence-corrected chi connectivity index (χ1v) is 4.78. The van der Waals surface area contributed by atoms with Gasteiger partial charge in [-0.25, -0.2) is 0 Å². The standard InChI is InChI=1S/C11H14N2O2/c1-11(2,8-12)13-10(14)6-5-9-4-3-7-15-9/h3-4,7H,5-6H2,1-2H3,(H,13,14). The number of nitrogens with zero attached hydrogens (tertiary/aromatic N) is 1. The van der Waals surface area contributed by atoms with Gasteiger partial charge in [0, 0.05) is 12.8 Å². The molecule has 0 saturated carbocycles. The highest BCUT2D eigenvalue weighted by molar-refractivity contribution is 5.77. The summed E-state index contributed by atoms with van der Waals surface area (Å²) in [4.78, 5) is 11.4. The van der Waals surface area contributed by atoms with Crippen LogP contribution >= 0.6 is 0 Å². The van der Waals surface area contributed by atoms with Crippen LogP contribution in [0.15, 0.2) is 22.8 Å². The molecular weight excluding hydrogens is 192 g/mol. The summed E-state index contributed by atoms with van der Waals surface area (Å²) < 4.78 is 5.10. The lowest BCUT2D eigenvalue weighted by Crippen LogP contribution is -2.42. The molecule has 1 aromatic heterocycles. The number of amides is 1. The van der Waals surface area contributed by atoms with Crippen LogP contribution in [-0.4, -0.2) is 11.4 Å². The topological polar surface area (TPSA) is 66.0 Å². The van der Waals surface area contributed by atoms with Gasteiger partial charge in [-0.1, -0.05) is 0 Å². The van der Waals surface area contributed by atoms with Crippen LogP contribution in [0.5, 0.6) is 0 Å². The molecule has 0 aliphatic rings. The van der Waals surface area contributed by atoms with Crippen LogP contribution in [0.25, 0.3) is 0 Å². The normalized spacial score (nSPS) is 10.7. The van der Waals surface area contributed by atoms with E-state index in [1.807, 2.05) is 12.1 Å². The molecular formula is C11H14N2O2. The van der Waals surface area contributed by atoms with E-state index >= 15 is 0 Å². The van der Waals surface area contributed by atoms with E-state index in [1.165, 1.54) is 0 Å². The van der Waals surface area contributed by atoms with Crippen molar-refractivity contribution in [3.05, 3.63) is 24.2 Å². The van der Waals surface area contributed by atoms with E-state index < -0.39 is 5.54 Å². The molecule has 0 aliphatic carbocycles. The molecule has 80 valence electrons. The van der Waals surface area contributed by atoms with Crippen LogP contribution in [-0.2, 0) is 11.2 Å². The fraction of sp³-hybridized carbons (Fsp3) is 0.455. The SMILES string of the molecule is CC(C)(C#N)NC(=O)CCc1ccco1. The third-order valence-electron chi connectivity index (χ3n) is 1.91. The molecule has 1 amide bonds. The fourth-order valence-electron chi connectivity index (χ4n) is 1.13. The van der Waals surface area contributed by atoms with Crippen molar-refractivity contribution in [3.8, 4) is 6.07 Å². The monoisotopic (exact) mass is 206 g/mol. The first kappa shape index (κ1) is 11.3. The van der Waals surface area contributed by atoms with Crippen LogP contribution in [0.3, 0.4) is 0 Å². The Morgan fingerprint density at radius 3 is 2.93 bits per heavy atom. The summed E-state index contributed by atoms with van der Waals surface area (Å²) in [7, 11) is 0. The van der Waals surface area contributed by atoms with Crippen molar-refractivity contribution in [2.45, 2.75) is 32.2 Å². The molecule has 0 saturated heterocycles. The minimum Gasteiger partial charge on any atom is -0.469 e. The average Bonchev–Trinajstić information content (AvgIpc) is 2.66. The lowest BCUT2D eigenvalue weighted by atomic mass is 10.1. The molecule has 0 aliphatic heterocycles. The van der Waals surface area contributed by atoms with Crippen molar-refractivity contribution in [1.82, 2.24) is 5.32 Å². The molecule has 4 heteroatoms. The zero-order chi connectivity index (χ0) is 11.3. The Morgan fingerprint density at radius 2 is 2.40 bits per heavy atom. The van der Waals surface area contributed by atoms with Gasteiger partial charge in [-0.05, 0) is 26.0 Å². The molecule has 15 heavy (non-hydrogen) atoms. The van der Waals surface area contributed by atoms with Gasteiger partial charge >= 0.3 is 0 Å². The second-order valence-corrected chi connectivity index (χ2v) is 3.86. The maximum Gasteiger partial charge on any atom is 0.221 e. The van der Waals surface area contributed by atoms with Crippen molar-refractivity contribution in [3.63, 3.8) is 0 Å². The molecule has 4 nitrogen and oxygen atoms in total. The Balaban J connectivity index is 2.35. The highest BCUT2D eigenvalue weighted by atomic mass is 16.3. The second kappa shape index (κ2) is 4.65. The third kappa shape index (κ3) is 3.86. The highest BCUT2D eigenvalue weighted by Gasteiger charge is 2.18. The molecule has 0 unspecified atom stereocenters. The van der Waals surface area contributed by atoms with E-state index in [2.05, 4.69) is 5.32 Å². The first-order valence-electron chi connectivity index (χ1n) is 4.78. The molecule has 0 spiro atoms. The second-order valence-electron chi connectivity index (χ2n) is 3.86.